The zero-order valence-corrected chi connectivity index (χ0v) is 12.0. The van der Waals surface area contributed by atoms with Crippen LogP contribution in [0.3, 0.4) is 0 Å². The van der Waals surface area contributed by atoms with E-state index in [4.69, 9.17) is 15.2 Å². The number of carbonyl (C=O) groups excluding carboxylic acids is 1. The van der Waals surface area contributed by atoms with Gasteiger partial charge < -0.3 is 15.2 Å². The summed E-state index contributed by atoms with van der Waals surface area (Å²) < 4.78 is 10.4. The Labute approximate surface area is 124 Å². The van der Waals surface area contributed by atoms with Gasteiger partial charge in [-0.1, -0.05) is 24.3 Å². The quantitative estimate of drug-likeness (QED) is 0.829. The second kappa shape index (κ2) is 7.45. The topological polar surface area (TPSA) is 61.5 Å². The lowest BCUT2D eigenvalue weighted by molar-refractivity contribution is 0.0472. The van der Waals surface area contributed by atoms with Gasteiger partial charge >= 0.3 is 5.97 Å². The molecule has 0 saturated carbocycles. The van der Waals surface area contributed by atoms with Crippen molar-refractivity contribution >= 4 is 5.97 Å². The number of rotatable bonds is 6. The summed E-state index contributed by atoms with van der Waals surface area (Å²) in [6.45, 7) is 0.842. The highest BCUT2D eigenvalue weighted by Gasteiger charge is 2.07. The van der Waals surface area contributed by atoms with E-state index in [0.717, 1.165) is 23.3 Å². The fourth-order valence-electron chi connectivity index (χ4n) is 1.93. The number of hydrogen-bond donors (Lipinski definition) is 1. The van der Waals surface area contributed by atoms with Crippen LogP contribution in [0, 0.1) is 0 Å². The van der Waals surface area contributed by atoms with E-state index in [1.54, 1.807) is 19.2 Å². The monoisotopic (exact) mass is 285 g/mol. The van der Waals surface area contributed by atoms with Crippen LogP contribution in [0.5, 0.6) is 5.75 Å². The number of benzene rings is 2. The minimum Gasteiger partial charge on any atom is -0.497 e. The molecule has 2 aromatic rings. The highest BCUT2D eigenvalue weighted by Crippen LogP contribution is 2.13. The van der Waals surface area contributed by atoms with Crippen molar-refractivity contribution in [3.63, 3.8) is 0 Å². The Kier molecular flexibility index (Phi) is 5.35. The van der Waals surface area contributed by atoms with Crippen LogP contribution in [-0.2, 0) is 17.8 Å². The van der Waals surface area contributed by atoms with Gasteiger partial charge in [-0.05, 0) is 48.4 Å². The van der Waals surface area contributed by atoms with Gasteiger partial charge in [-0.25, -0.2) is 4.79 Å². The summed E-state index contributed by atoms with van der Waals surface area (Å²) in [5.74, 6) is 0.450. The van der Waals surface area contributed by atoms with Crippen LogP contribution in [0.2, 0.25) is 0 Å². The molecule has 0 fully saturated rings. The molecule has 2 N–H and O–H groups in total. The van der Waals surface area contributed by atoms with Gasteiger partial charge in [0.1, 0.15) is 12.4 Å². The molecule has 4 nitrogen and oxygen atoms in total. The summed E-state index contributed by atoms with van der Waals surface area (Å²) >= 11 is 0. The molecule has 0 heterocycles. The highest BCUT2D eigenvalue weighted by molar-refractivity contribution is 5.89. The lowest BCUT2D eigenvalue weighted by atomic mass is 10.1. The van der Waals surface area contributed by atoms with E-state index in [-0.39, 0.29) is 12.6 Å². The molecule has 0 unspecified atom stereocenters. The summed E-state index contributed by atoms with van der Waals surface area (Å²) in [7, 11) is 1.61. The normalized spacial score (nSPS) is 10.2. The number of esters is 1. The number of ether oxygens (including phenoxy) is 2. The minimum atomic E-state index is -0.329. The third-order valence-corrected chi connectivity index (χ3v) is 3.15. The maximum absolute atomic E-state index is 11.9. The van der Waals surface area contributed by atoms with Crippen LogP contribution in [0.15, 0.2) is 48.5 Å². The maximum atomic E-state index is 11.9. The summed E-state index contributed by atoms with van der Waals surface area (Å²) in [6, 6.07) is 14.7. The molecule has 0 aliphatic carbocycles. The van der Waals surface area contributed by atoms with E-state index in [0.29, 0.717) is 12.1 Å². The van der Waals surface area contributed by atoms with Gasteiger partial charge in [0.2, 0.25) is 0 Å². The highest BCUT2D eigenvalue weighted by atomic mass is 16.5. The van der Waals surface area contributed by atoms with Crippen LogP contribution in [0.25, 0.3) is 0 Å². The summed E-state index contributed by atoms with van der Waals surface area (Å²) in [5.41, 5.74) is 8.07. The van der Waals surface area contributed by atoms with E-state index in [9.17, 15) is 4.79 Å². The Hall–Kier alpha value is -2.33. The smallest absolute Gasteiger partial charge is 0.338 e. The van der Waals surface area contributed by atoms with E-state index in [1.807, 2.05) is 36.4 Å². The van der Waals surface area contributed by atoms with Crippen LogP contribution >= 0.6 is 0 Å². The van der Waals surface area contributed by atoms with Gasteiger partial charge in [-0.3, -0.25) is 0 Å². The molecule has 4 heteroatoms. The average molecular weight is 285 g/mol. The minimum absolute atomic E-state index is 0.243. The first-order valence-corrected chi connectivity index (χ1v) is 6.82. The van der Waals surface area contributed by atoms with E-state index in [2.05, 4.69) is 0 Å². The molecule has 0 radical (unpaired) electrons. The molecule has 0 aliphatic rings. The largest absolute Gasteiger partial charge is 0.497 e. The fourth-order valence-corrected chi connectivity index (χ4v) is 1.93. The van der Waals surface area contributed by atoms with Gasteiger partial charge in [-0.2, -0.15) is 0 Å². The Morgan fingerprint density at radius 1 is 1.00 bits per heavy atom. The summed E-state index contributed by atoms with van der Waals surface area (Å²) in [4.78, 5) is 11.9. The Morgan fingerprint density at radius 2 is 1.62 bits per heavy atom. The third kappa shape index (κ3) is 4.33. The summed E-state index contributed by atoms with van der Waals surface area (Å²) in [5, 5.41) is 0. The molecule has 0 atom stereocenters. The van der Waals surface area contributed by atoms with E-state index < -0.39 is 0 Å². The number of nitrogens with two attached hydrogens (primary N) is 1. The number of hydrogen-bond acceptors (Lipinski definition) is 4. The van der Waals surface area contributed by atoms with Crippen LogP contribution in [0.4, 0.5) is 0 Å². The molecule has 0 amide bonds. The van der Waals surface area contributed by atoms with Crippen molar-refractivity contribution in [3.8, 4) is 5.75 Å². The molecular formula is C17H19NO3. The Balaban J connectivity index is 1.91. The van der Waals surface area contributed by atoms with Crippen molar-refractivity contribution in [2.24, 2.45) is 5.73 Å². The SMILES string of the molecule is COc1ccc(COC(=O)c2ccc(CCN)cc2)cc1. The lowest BCUT2D eigenvalue weighted by Crippen LogP contribution is -2.06. The Bertz CT molecular complexity index is 576. The molecule has 110 valence electrons. The van der Waals surface area contributed by atoms with Gasteiger partial charge in [-0.15, -0.1) is 0 Å². The molecule has 0 aliphatic heterocycles. The second-order valence-electron chi connectivity index (χ2n) is 4.66. The van der Waals surface area contributed by atoms with Crippen LogP contribution in [0.1, 0.15) is 21.5 Å². The first kappa shape index (κ1) is 15.1. The number of methoxy groups -OCH3 is 1. The predicted octanol–water partition coefficient (Wildman–Crippen LogP) is 2.55. The lowest BCUT2D eigenvalue weighted by Gasteiger charge is -2.06. The zero-order chi connectivity index (χ0) is 15.1. The van der Waals surface area contributed by atoms with Gasteiger partial charge in [0.05, 0.1) is 12.7 Å². The fraction of sp³-hybridized carbons (Fsp3) is 0.235. The van der Waals surface area contributed by atoms with Crippen molar-refractivity contribution in [2.75, 3.05) is 13.7 Å². The van der Waals surface area contributed by atoms with Crippen molar-refractivity contribution in [1.29, 1.82) is 0 Å². The molecule has 21 heavy (non-hydrogen) atoms. The Morgan fingerprint density at radius 3 is 2.19 bits per heavy atom. The van der Waals surface area contributed by atoms with Crippen molar-refractivity contribution < 1.29 is 14.3 Å². The predicted molar refractivity (Wildman–Crippen MR) is 81.3 cm³/mol. The average Bonchev–Trinajstić information content (AvgIpc) is 2.54. The molecule has 0 saturated heterocycles. The first-order valence-electron chi connectivity index (χ1n) is 6.82. The van der Waals surface area contributed by atoms with Crippen molar-refractivity contribution in [1.82, 2.24) is 0 Å². The van der Waals surface area contributed by atoms with Crippen LogP contribution in [-0.4, -0.2) is 19.6 Å². The van der Waals surface area contributed by atoms with Crippen molar-refractivity contribution in [3.05, 3.63) is 65.2 Å². The summed E-state index contributed by atoms with van der Waals surface area (Å²) in [6.07, 6.45) is 0.807. The van der Waals surface area contributed by atoms with Gasteiger partial charge in [0, 0.05) is 0 Å². The van der Waals surface area contributed by atoms with E-state index in [1.165, 1.54) is 0 Å². The molecular weight excluding hydrogens is 266 g/mol. The molecule has 2 rings (SSSR count). The zero-order valence-electron chi connectivity index (χ0n) is 12.0. The first-order chi connectivity index (χ1) is 10.2. The standard InChI is InChI=1S/C17H19NO3/c1-20-16-8-4-14(5-9-16)12-21-17(19)15-6-2-13(3-7-15)10-11-18/h2-9H,10-12,18H2,1H3. The van der Waals surface area contributed by atoms with Gasteiger partial charge in [0.25, 0.3) is 0 Å². The van der Waals surface area contributed by atoms with Crippen molar-refractivity contribution in [2.45, 2.75) is 13.0 Å². The van der Waals surface area contributed by atoms with Gasteiger partial charge in [0.15, 0.2) is 0 Å². The number of carbonyl (C=O) groups is 1. The molecule has 0 spiro atoms. The molecule has 0 aromatic heterocycles. The molecule has 0 bridgehead atoms. The second-order valence-corrected chi connectivity index (χ2v) is 4.66. The molecule has 2 aromatic carbocycles. The van der Waals surface area contributed by atoms with E-state index >= 15 is 0 Å². The van der Waals surface area contributed by atoms with Crippen LogP contribution < -0.4 is 10.5 Å². The maximum Gasteiger partial charge on any atom is 0.338 e. The third-order valence-electron chi connectivity index (χ3n) is 3.15.